The lowest BCUT2D eigenvalue weighted by atomic mass is 9.87. The first-order valence-corrected chi connectivity index (χ1v) is 13.2. The molecule has 0 unspecified atom stereocenters. The molecule has 0 aromatic heterocycles. The minimum absolute atomic E-state index is 0.341. The molecule has 1 saturated heterocycles. The van der Waals surface area contributed by atoms with Gasteiger partial charge in [-0.1, -0.05) is 103 Å². The molecule has 0 amide bonds. The molecule has 0 aromatic rings. The predicted octanol–water partition coefficient (Wildman–Crippen LogP) is 6.87. The molecule has 1 aliphatic rings. The number of hydrogen-bond acceptors (Lipinski definition) is 4. The molecule has 0 saturated carbocycles. The van der Waals surface area contributed by atoms with Crippen LogP contribution in [-0.4, -0.2) is 34.5 Å². The van der Waals surface area contributed by atoms with Crippen molar-refractivity contribution >= 4 is 5.97 Å². The average Bonchev–Trinajstić information content (AvgIpc) is 2.97. The number of hydrogen-bond donors (Lipinski definition) is 2. The lowest BCUT2D eigenvalue weighted by Crippen LogP contribution is -2.39. The highest BCUT2D eigenvalue weighted by molar-refractivity contribution is 5.76. The van der Waals surface area contributed by atoms with Gasteiger partial charge in [-0.05, 0) is 39.0 Å². The highest BCUT2D eigenvalue weighted by Crippen LogP contribution is 2.35. The third-order valence-corrected chi connectivity index (χ3v) is 6.76. The van der Waals surface area contributed by atoms with E-state index < -0.39 is 23.6 Å². The standard InChI is InChI=1S/C27H50O4/c1-3-4-5-6-7-8-9-10-11-12-13-14-15-16-17-18-19-20-21-22-27(2)25(29)24(23-28)26(30)31-27/h5-6,24-25,28-29H,3-4,7-23H2,1-2H3/b6-5+/t24-,25-,27+/m0/s1. The molecule has 2 N–H and O–H groups in total. The molecule has 4 heteroatoms. The zero-order valence-electron chi connectivity index (χ0n) is 20.5. The molecule has 1 fully saturated rings. The summed E-state index contributed by atoms with van der Waals surface area (Å²) < 4.78 is 5.35. The highest BCUT2D eigenvalue weighted by Gasteiger charge is 2.51. The molecule has 1 aliphatic heterocycles. The largest absolute Gasteiger partial charge is 0.456 e. The second-order valence-corrected chi connectivity index (χ2v) is 9.72. The fourth-order valence-electron chi connectivity index (χ4n) is 4.56. The van der Waals surface area contributed by atoms with Crippen molar-refractivity contribution in [1.29, 1.82) is 0 Å². The summed E-state index contributed by atoms with van der Waals surface area (Å²) in [6, 6.07) is 0. The molecule has 182 valence electrons. The highest BCUT2D eigenvalue weighted by atomic mass is 16.6. The summed E-state index contributed by atoms with van der Waals surface area (Å²) in [5.41, 5.74) is -0.823. The van der Waals surface area contributed by atoms with Crippen molar-refractivity contribution in [2.24, 2.45) is 5.92 Å². The predicted molar refractivity (Wildman–Crippen MR) is 129 cm³/mol. The Hall–Kier alpha value is -0.870. The first kappa shape index (κ1) is 28.2. The lowest BCUT2D eigenvalue weighted by molar-refractivity contribution is -0.151. The summed E-state index contributed by atoms with van der Waals surface area (Å²) in [5, 5.41) is 19.4. The number of esters is 1. The summed E-state index contributed by atoms with van der Waals surface area (Å²) in [7, 11) is 0. The third kappa shape index (κ3) is 12.1. The van der Waals surface area contributed by atoms with E-state index >= 15 is 0 Å². The van der Waals surface area contributed by atoms with Crippen LogP contribution in [0, 0.1) is 5.92 Å². The van der Waals surface area contributed by atoms with Crippen molar-refractivity contribution in [2.45, 2.75) is 141 Å². The Bertz CT molecular complexity index is 476. The summed E-state index contributed by atoms with van der Waals surface area (Å²) in [4.78, 5) is 11.7. The number of aliphatic hydroxyl groups is 2. The molecule has 0 aromatic carbocycles. The molecule has 4 nitrogen and oxygen atoms in total. The number of unbranched alkanes of at least 4 members (excludes halogenated alkanes) is 15. The topological polar surface area (TPSA) is 66.8 Å². The van der Waals surface area contributed by atoms with E-state index in [4.69, 9.17) is 4.74 Å². The van der Waals surface area contributed by atoms with E-state index in [1.54, 1.807) is 6.92 Å². The van der Waals surface area contributed by atoms with Crippen LogP contribution in [0.4, 0.5) is 0 Å². The van der Waals surface area contributed by atoms with Crippen LogP contribution in [0.15, 0.2) is 12.2 Å². The van der Waals surface area contributed by atoms with Gasteiger partial charge in [-0.15, -0.1) is 0 Å². The van der Waals surface area contributed by atoms with E-state index in [0.717, 1.165) is 12.8 Å². The van der Waals surface area contributed by atoms with Gasteiger partial charge in [0.2, 0.25) is 0 Å². The maximum atomic E-state index is 11.7. The summed E-state index contributed by atoms with van der Waals surface area (Å²) in [5.74, 6) is -1.24. The van der Waals surface area contributed by atoms with E-state index in [9.17, 15) is 15.0 Å². The van der Waals surface area contributed by atoms with Crippen molar-refractivity contribution in [3.8, 4) is 0 Å². The molecule has 1 heterocycles. The Morgan fingerprint density at radius 2 is 1.26 bits per heavy atom. The Labute approximate surface area is 191 Å². The maximum absolute atomic E-state index is 11.7. The third-order valence-electron chi connectivity index (χ3n) is 6.76. The van der Waals surface area contributed by atoms with Gasteiger partial charge in [-0.3, -0.25) is 4.79 Å². The van der Waals surface area contributed by atoms with E-state index in [0.29, 0.717) is 6.42 Å². The van der Waals surface area contributed by atoms with Gasteiger partial charge in [-0.2, -0.15) is 0 Å². The molecule has 1 rings (SSSR count). The smallest absolute Gasteiger partial charge is 0.314 e. The van der Waals surface area contributed by atoms with Gasteiger partial charge in [0.15, 0.2) is 0 Å². The monoisotopic (exact) mass is 438 g/mol. The Morgan fingerprint density at radius 3 is 1.71 bits per heavy atom. The Kier molecular flexibility index (Phi) is 16.0. The summed E-state index contributed by atoms with van der Waals surface area (Å²) in [6.07, 6.45) is 26.5. The first-order valence-electron chi connectivity index (χ1n) is 13.2. The SMILES string of the molecule is CCC/C=C/CCCCCCCCCCCCCCCC[C@@]1(C)OC(=O)[C@@H](CO)[C@@H]1O. The van der Waals surface area contributed by atoms with Crippen LogP contribution in [0.3, 0.4) is 0 Å². The van der Waals surface area contributed by atoms with Gasteiger partial charge in [0.25, 0.3) is 0 Å². The van der Waals surface area contributed by atoms with Gasteiger partial charge >= 0.3 is 5.97 Å². The van der Waals surface area contributed by atoms with Crippen molar-refractivity contribution in [3.63, 3.8) is 0 Å². The first-order chi connectivity index (χ1) is 15.0. The number of carbonyl (C=O) groups excluding carboxylic acids is 1. The average molecular weight is 439 g/mol. The van der Waals surface area contributed by atoms with Crippen LogP contribution in [0.25, 0.3) is 0 Å². The number of cyclic esters (lactones) is 1. The minimum atomic E-state index is -0.891. The van der Waals surface area contributed by atoms with Crippen LogP contribution in [0.5, 0.6) is 0 Å². The molecule has 0 bridgehead atoms. The fraction of sp³-hybridized carbons (Fsp3) is 0.889. The van der Waals surface area contributed by atoms with Gasteiger partial charge < -0.3 is 14.9 Å². The Morgan fingerprint density at radius 1 is 0.806 bits per heavy atom. The number of rotatable bonds is 20. The lowest BCUT2D eigenvalue weighted by Gasteiger charge is -2.27. The number of ether oxygens (including phenoxy) is 1. The van der Waals surface area contributed by atoms with Crippen molar-refractivity contribution in [3.05, 3.63) is 12.2 Å². The number of allylic oxidation sites excluding steroid dienone is 2. The second kappa shape index (κ2) is 17.7. The van der Waals surface area contributed by atoms with Crippen LogP contribution in [0.1, 0.15) is 129 Å². The van der Waals surface area contributed by atoms with E-state index in [-0.39, 0.29) is 6.61 Å². The number of carbonyl (C=O) groups is 1. The zero-order chi connectivity index (χ0) is 22.8. The maximum Gasteiger partial charge on any atom is 0.314 e. The van der Waals surface area contributed by atoms with Gasteiger partial charge in [0.1, 0.15) is 17.6 Å². The van der Waals surface area contributed by atoms with E-state index in [1.807, 2.05) is 0 Å². The Balaban J connectivity index is 1.83. The van der Waals surface area contributed by atoms with Crippen molar-refractivity contribution in [2.75, 3.05) is 6.61 Å². The zero-order valence-corrected chi connectivity index (χ0v) is 20.5. The van der Waals surface area contributed by atoms with Crippen molar-refractivity contribution in [1.82, 2.24) is 0 Å². The van der Waals surface area contributed by atoms with Crippen LogP contribution < -0.4 is 0 Å². The normalized spacial score (nSPS) is 23.7. The van der Waals surface area contributed by atoms with Crippen LogP contribution in [0.2, 0.25) is 0 Å². The van der Waals surface area contributed by atoms with Crippen molar-refractivity contribution < 1.29 is 19.7 Å². The fourth-order valence-corrected chi connectivity index (χ4v) is 4.56. The van der Waals surface area contributed by atoms with Crippen LogP contribution >= 0.6 is 0 Å². The second-order valence-electron chi connectivity index (χ2n) is 9.72. The molecular formula is C27H50O4. The van der Waals surface area contributed by atoms with E-state index in [1.165, 1.54) is 96.3 Å². The van der Waals surface area contributed by atoms with Gasteiger partial charge in [-0.25, -0.2) is 0 Å². The quantitative estimate of drug-likeness (QED) is 0.124. The van der Waals surface area contributed by atoms with Gasteiger partial charge in [0.05, 0.1) is 6.61 Å². The van der Waals surface area contributed by atoms with E-state index in [2.05, 4.69) is 19.1 Å². The summed E-state index contributed by atoms with van der Waals surface area (Å²) >= 11 is 0. The van der Waals surface area contributed by atoms with Crippen LogP contribution in [-0.2, 0) is 9.53 Å². The van der Waals surface area contributed by atoms with Gasteiger partial charge in [0, 0.05) is 0 Å². The number of aliphatic hydroxyl groups excluding tert-OH is 2. The molecule has 0 aliphatic carbocycles. The molecule has 0 radical (unpaired) electrons. The minimum Gasteiger partial charge on any atom is -0.456 e. The molecule has 3 atom stereocenters. The molecule has 0 spiro atoms. The molecule has 31 heavy (non-hydrogen) atoms. The molecular weight excluding hydrogens is 388 g/mol. The summed E-state index contributed by atoms with van der Waals surface area (Å²) in [6.45, 7) is 3.68.